The van der Waals surface area contributed by atoms with Crippen molar-refractivity contribution < 1.29 is 14.3 Å². The number of rotatable bonds is 2. The lowest BCUT2D eigenvalue weighted by molar-refractivity contribution is -0.129. The molecule has 25 heavy (non-hydrogen) atoms. The standard InChI is InChI=1S/C20H28N2O3/c1-15(2)14-18-20(24)21-12-4-3-5-13-25-17-9-6-16(7-10-17)8-11-19(23)22-18/h3,5-7,9-10,15,18H,4,8,11-14H2,1-2H3,(H,21,24)(H,22,23)/b5-3-. The molecule has 2 amide bonds. The number of carbonyl (C=O) groups excluding carboxylic acids is 2. The monoisotopic (exact) mass is 344 g/mol. The number of carbonyl (C=O) groups is 2. The van der Waals surface area contributed by atoms with Gasteiger partial charge in [0.1, 0.15) is 18.4 Å². The van der Waals surface area contributed by atoms with Gasteiger partial charge >= 0.3 is 0 Å². The Labute approximate surface area is 149 Å². The first-order chi connectivity index (χ1) is 12.0. The molecule has 2 aliphatic rings. The van der Waals surface area contributed by atoms with Gasteiger partial charge in [-0.1, -0.05) is 38.1 Å². The summed E-state index contributed by atoms with van der Waals surface area (Å²) in [6.07, 6.45) is 6.31. The highest BCUT2D eigenvalue weighted by Gasteiger charge is 2.21. The first-order valence-electron chi connectivity index (χ1n) is 8.98. The lowest BCUT2D eigenvalue weighted by Gasteiger charge is -2.20. The quantitative estimate of drug-likeness (QED) is 0.811. The predicted molar refractivity (Wildman–Crippen MR) is 98.4 cm³/mol. The van der Waals surface area contributed by atoms with Crippen LogP contribution in [0.2, 0.25) is 0 Å². The van der Waals surface area contributed by atoms with Crippen LogP contribution in [-0.2, 0) is 16.0 Å². The van der Waals surface area contributed by atoms with Gasteiger partial charge in [0.2, 0.25) is 11.8 Å². The third-order valence-corrected chi connectivity index (χ3v) is 4.05. The number of ether oxygens (including phenoxy) is 1. The van der Waals surface area contributed by atoms with Crippen LogP contribution in [0.1, 0.15) is 38.7 Å². The molecular formula is C20H28N2O3. The van der Waals surface area contributed by atoms with Gasteiger partial charge in [0, 0.05) is 13.0 Å². The van der Waals surface area contributed by atoms with Crippen molar-refractivity contribution in [3.63, 3.8) is 0 Å². The Morgan fingerprint density at radius 2 is 1.88 bits per heavy atom. The second-order valence-corrected chi connectivity index (χ2v) is 6.76. The predicted octanol–water partition coefficient (Wildman–Crippen LogP) is 2.61. The Bertz CT molecular complexity index is 593. The number of aryl methyl sites for hydroxylation is 1. The molecule has 136 valence electrons. The molecular weight excluding hydrogens is 316 g/mol. The first-order valence-corrected chi connectivity index (χ1v) is 8.98. The highest BCUT2D eigenvalue weighted by Crippen LogP contribution is 2.14. The summed E-state index contributed by atoms with van der Waals surface area (Å²) in [5.74, 6) is 0.938. The summed E-state index contributed by atoms with van der Waals surface area (Å²) in [5.41, 5.74) is 1.08. The molecule has 0 aromatic heterocycles. The SMILES string of the molecule is CC(C)CC1NC(=O)CCc2ccc(cc2)OC/C=C\CCNC1=O. The van der Waals surface area contributed by atoms with Crippen molar-refractivity contribution in [2.45, 2.75) is 45.6 Å². The Kier molecular flexibility index (Phi) is 7.51. The van der Waals surface area contributed by atoms with Crippen molar-refractivity contribution in [3.8, 4) is 5.75 Å². The van der Waals surface area contributed by atoms with Crippen LogP contribution < -0.4 is 15.4 Å². The molecule has 3 rings (SSSR count). The second-order valence-electron chi connectivity index (χ2n) is 6.76. The highest BCUT2D eigenvalue weighted by molar-refractivity contribution is 5.87. The third-order valence-electron chi connectivity index (χ3n) is 4.05. The van der Waals surface area contributed by atoms with E-state index in [2.05, 4.69) is 10.6 Å². The van der Waals surface area contributed by atoms with Gasteiger partial charge < -0.3 is 15.4 Å². The molecule has 1 atom stereocenters. The van der Waals surface area contributed by atoms with Gasteiger partial charge in [0.15, 0.2) is 0 Å². The zero-order chi connectivity index (χ0) is 18.1. The highest BCUT2D eigenvalue weighted by atomic mass is 16.5. The van der Waals surface area contributed by atoms with Crippen LogP contribution >= 0.6 is 0 Å². The molecule has 0 saturated heterocycles. The minimum atomic E-state index is -0.474. The zero-order valence-corrected chi connectivity index (χ0v) is 15.1. The van der Waals surface area contributed by atoms with Gasteiger partial charge in [0.25, 0.3) is 0 Å². The molecule has 0 radical (unpaired) electrons. The summed E-state index contributed by atoms with van der Waals surface area (Å²) in [4.78, 5) is 24.6. The van der Waals surface area contributed by atoms with Crippen LogP contribution in [0.3, 0.4) is 0 Å². The summed E-state index contributed by atoms with van der Waals surface area (Å²) >= 11 is 0. The smallest absolute Gasteiger partial charge is 0.242 e. The van der Waals surface area contributed by atoms with Crippen molar-refractivity contribution in [3.05, 3.63) is 42.0 Å². The maximum atomic E-state index is 12.4. The Hall–Kier alpha value is -2.30. The number of amides is 2. The number of nitrogens with one attached hydrogen (secondary N) is 2. The number of benzene rings is 1. The molecule has 2 aliphatic heterocycles. The Balaban J connectivity index is 2.06. The number of fused-ring (bicyclic) bond motifs is 13. The average Bonchev–Trinajstić information content (AvgIpc) is 2.58. The van der Waals surface area contributed by atoms with Crippen LogP contribution in [0.15, 0.2) is 36.4 Å². The Morgan fingerprint density at radius 3 is 2.60 bits per heavy atom. The van der Waals surface area contributed by atoms with Crippen LogP contribution in [0.25, 0.3) is 0 Å². The molecule has 0 saturated carbocycles. The minimum absolute atomic E-state index is 0.0923. The van der Waals surface area contributed by atoms with E-state index in [0.717, 1.165) is 17.7 Å². The first kappa shape index (κ1) is 19.0. The van der Waals surface area contributed by atoms with E-state index < -0.39 is 6.04 Å². The zero-order valence-electron chi connectivity index (χ0n) is 15.1. The van der Waals surface area contributed by atoms with Crippen molar-refractivity contribution in [1.82, 2.24) is 10.6 Å². The summed E-state index contributed by atoms with van der Waals surface area (Å²) in [6, 6.07) is 7.32. The van der Waals surface area contributed by atoms with Gasteiger partial charge in [-0.2, -0.15) is 0 Å². The van der Waals surface area contributed by atoms with Crippen LogP contribution in [0.4, 0.5) is 0 Å². The maximum absolute atomic E-state index is 12.4. The average molecular weight is 344 g/mol. The molecule has 0 fully saturated rings. The van der Waals surface area contributed by atoms with Crippen LogP contribution in [0, 0.1) is 5.92 Å². The molecule has 1 unspecified atom stereocenters. The van der Waals surface area contributed by atoms with Crippen molar-refractivity contribution in [2.75, 3.05) is 13.2 Å². The van der Waals surface area contributed by atoms with Gasteiger partial charge in [-0.25, -0.2) is 0 Å². The van der Waals surface area contributed by atoms with Gasteiger partial charge in [0.05, 0.1) is 0 Å². The second kappa shape index (κ2) is 9.87. The van der Waals surface area contributed by atoms with E-state index in [0.29, 0.717) is 38.3 Å². The maximum Gasteiger partial charge on any atom is 0.242 e. The van der Waals surface area contributed by atoms with Gasteiger partial charge in [-0.15, -0.1) is 0 Å². The van der Waals surface area contributed by atoms with Crippen molar-refractivity contribution >= 4 is 11.8 Å². The van der Waals surface area contributed by atoms with Crippen molar-refractivity contribution in [2.24, 2.45) is 5.92 Å². The fraction of sp³-hybridized carbons (Fsp3) is 0.500. The summed E-state index contributed by atoms with van der Waals surface area (Å²) in [5, 5.41) is 5.79. The molecule has 2 N–H and O–H groups in total. The molecule has 2 bridgehead atoms. The fourth-order valence-electron chi connectivity index (χ4n) is 2.71. The van der Waals surface area contributed by atoms with E-state index >= 15 is 0 Å². The molecule has 1 aromatic rings. The molecule has 5 heteroatoms. The molecule has 5 nitrogen and oxygen atoms in total. The van der Waals surface area contributed by atoms with Crippen LogP contribution in [0.5, 0.6) is 5.75 Å². The Morgan fingerprint density at radius 1 is 1.12 bits per heavy atom. The lowest BCUT2D eigenvalue weighted by atomic mass is 10.0. The molecule has 2 heterocycles. The van der Waals surface area contributed by atoms with E-state index in [9.17, 15) is 9.59 Å². The van der Waals surface area contributed by atoms with E-state index in [-0.39, 0.29) is 11.8 Å². The topological polar surface area (TPSA) is 67.4 Å². The summed E-state index contributed by atoms with van der Waals surface area (Å²) in [7, 11) is 0. The third kappa shape index (κ3) is 6.99. The summed E-state index contributed by atoms with van der Waals surface area (Å²) in [6.45, 7) is 5.15. The fourth-order valence-corrected chi connectivity index (χ4v) is 2.71. The van der Waals surface area contributed by atoms with E-state index in [4.69, 9.17) is 4.74 Å². The largest absolute Gasteiger partial charge is 0.490 e. The normalized spacial score (nSPS) is 21.2. The molecule has 1 aromatic carbocycles. The summed E-state index contributed by atoms with van der Waals surface area (Å²) < 4.78 is 5.63. The van der Waals surface area contributed by atoms with E-state index in [1.165, 1.54) is 0 Å². The minimum Gasteiger partial charge on any atom is -0.490 e. The number of hydrogen-bond donors (Lipinski definition) is 2. The molecule has 0 aliphatic carbocycles. The van der Waals surface area contributed by atoms with Crippen LogP contribution in [-0.4, -0.2) is 31.0 Å². The van der Waals surface area contributed by atoms with Gasteiger partial charge in [-0.05, 0) is 42.9 Å². The van der Waals surface area contributed by atoms with Crippen molar-refractivity contribution in [1.29, 1.82) is 0 Å². The lowest BCUT2D eigenvalue weighted by Crippen LogP contribution is -2.47. The van der Waals surface area contributed by atoms with Gasteiger partial charge in [-0.3, -0.25) is 9.59 Å². The molecule has 0 spiro atoms. The van der Waals surface area contributed by atoms with E-state index in [1.54, 1.807) is 0 Å². The van der Waals surface area contributed by atoms with E-state index in [1.807, 2.05) is 50.3 Å². The number of hydrogen-bond acceptors (Lipinski definition) is 3.